The molecule has 1 N–H and O–H groups in total. The topological polar surface area (TPSA) is 63.6 Å². The smallest absolute Gasteiger partial charge is 0.750 e. The van der Waals surface area contributed by atoms with Crippen LogP contribution in [-0.2, 0) is 11.4 Å². The Labute approximate surface area is 72.2 Å². The zero-order valence-electron chi connectivity index (χ0n) is 8.24. The maximum atomic E-state index is 8.56. The summed E-state index contributed by atoms with van der Waals surface area (Å²) in [5.41, 5.74) is 0. The molecule has 0 aromatic carbocycles. The van der Waals surface area contributed by atoms with Gasteiger partial charge in [0.05, 0.1) is 11.4 Å². The highest BCUT2D eigenvalue weighted by Gasteiger charge is 1.89. The van der Waals surface area contributed by atoms with Gasteiger partial charge in [-0.15, -0.1) is 0 Å². The molecule has 0 aliphatic heterocycles. The van der Waals surface area contributed by atoms with Crippen LogP contribution in [0.3, 0.4) is 0 Å². The molecule has 0 aromatic rings. The lowest BCUT2D eigenvalue weighted by Crippen LogP contribution is -2.21. The van der Waals surface area contributed by atoms with E-state index in [1.54, 1.807) is 0 Å². The molecular formula is C6H17NO3S. The van der Waals surface area contributed by atoms with Crippen LogP contribution in [0.15, 0.2) is 0 Å². The SMILES string of the molecule is CCN(CC)CC.O=S([O-])O.[H+]. The molecule has 0 heterocycles. The second-order valence-corrected chi connectivity index (χ2v) is 2.27. The van der Waals surface area contributed by atoms with Crippen molar-refractivity contribution in [3.63, 3.8) is 0 Å². The minimum atomic E-state index is -2.86. The third-order valence-electron chi connectivity index (χ3n) is 1.34. The molecule has 0 aliphatic rings. The molecule has 0 aromatic heterocycles. The summed E-state index contributed by atoms with van der Waals surface area (Å²) < 4.78 is 24.1. The van der Waals surface area contributed by atoms with Gasteiger partial charge in [0.2, 0.25) is 0 Å². The number of rotatable bonds is 3. The van der Waals surface area contributed by atoms with E-state index in [4.69, 9.17) is 13.3 Å². The molecule has 0 radical (unpaired) electrons. The standard InChI is InChI=1S/C6H15N.H2O3S/c1-4-7(5-2)6-3;1-4(2)3/h4-6H2,1-3H3;(H2,1,2,3). The van der Waals surface area contributed by atoms with Crippen LogP contribution in [0.1, 0.15) is 22.2 Å². The Balaban J connectivity index is -0.000000142. The van der Waals surface area contributed by atoms with E-state index in [-0.39, 0.29) is 1.43 Å². The van der Waals surface area contributed by atoms with Gasteiger partial charge in [-0.1, -0.05) is 20.8 Å². The fourth-order valence-corrected chi connectivity index (χ4v) is 0.671. The highest BCUT2D eigenvalue weighted by atomic mass is 32.2. The molecule has 70 valence electrons. The predicted octanol–water partition coefficient (Wildman–Crippen LogP) is 0.799. The normalized spacial score (nSPS) is 12.2. The Morgan fingerprint density at radius 2 is 1.55 bits per heavy atom. The molecule has 5 heteroatoms. The highest BCUT2D eigenvalue weighted by molar-refractivity contribution is 7.73. The molecular weight excluding hydrogens is 166 g/mol. The van der Waals surface area contributed by atoms with Crippen molar-refractivity contribution < 1.29 is 14.7 Å². The average molecular weight is 183 g/mol. The van der Waals surface area contributed by atoms with Gasteiger partial charge in [-0.3, -0.25) is 0 Å². The fourth-order valence-electron chi connectivity index (χ4n) is 0.671. The largest absolute Gasteiger partial charge is 1.00 e. The minimum Gasteiger partial charge on any atom is -0.750 e. The molecule has 0 spiro atoms. The van der Waals surface area contributed by atoms with Gasteiger partial charge in [0.15, 0.2) is 0 Å². The molecule has 0 amide bonds. The maximum Gasteiger partial charge on any atom is 1.00 e. The first-order chi connectivity index (χ1) is 5.08. The van der Waals surface area contributed by atoms with Crippen molar-refractivity contribution in [1.82, 2.24) is 4.90 Å². The molecule has 0 saturated heterocycles. The first-order valence-corrected chi connectivity index (χ1v) is 4.62. The Bertz CT molecular complexity index is 91.3. The second kappa shape index (κ2) is 10.0. The summed E-state index contributed by atoms with van der Waals surface area (Å²) in [6.07, 6.45) is 0. The quantitative estimate of drug-likeness (QED) is 0.657. The molecule has 1 atom stereocenters. The second-order valence-electron chi connectivity index (χ2n) is 1.84. The van der Waals surface area contributed by atoms with Crippen LogP contribution in [0.4, 0.5) is 0 Å². The van der Waals surface area contributed by atoms with Gasteiger partial charge < -0.3 is 14.0 Å². The lowest BCUT2D eigenvalue weighted by atomic mass is 10.5. The Morgan fingerprint density at radius 1 is 1.36 bits per heavy atom. The highest BCUT2D eigenvalue weighted by Crippen LogP contribution is 1.81. The summed E-state index contributed by atoms with van der Waals surface area (Å²) in [6.45, 7) is 10.1. The van der Waals surface area contributed by atoms with E-state index < -0.39 is 11.4 Å². The van der Waals surface area contributed by atoms with E-state index in [9.17, 15) is 0 Å². The summed E-state index contributed by atoms with van der Waals surface area (Å²) in [7, 11) is 0. The van der Waals surface area contributed by atoms with Gasteiger partial charge in [-0.25, -0.2) is 4.21 Å². The van der Waals surface area contributed by atoms with Crippen LogP contribution in [0.5, 0.6) is 0 Å². The van der Waals surface area contributed by atoms with Crippen LogP contribution in [0.2, 0.25) is 0 Å². The molecule has 0 fully saturated rings. The van der Waals surface area contributed by atoms with Crippen LogP contribution >= 0.6 is 0 Å². The van der Waals surface area contributed by atoms with Crippen LogP contribution < -0.4 is 0 Å². The maximum absolute atomic E-state index is 8.56. The Morgan fingerprint density at radius 3 is 1.55 bits per heavy atom. The van der Waals surface area contributed by atoms with Crippen LogP contribution in [-0.4, -0.2) is 37.8 Å². The van der Waals surface area contributed by atoms with Crippen LogP contribution in [0.25, 0.3) is 0 Å². The summed E-state index contributed by atoms with van der Waals surface area (Å²) >= 11 is -2.86. The third kappa shape index (κ3) is 17.8. The number of hydrogen-bond acceptors (Lipinski definition) is 3. The molecule has 0 saturated carbocycles. The molecule has 0 aliphatic carbocycles. The summed E-state index contributed by atoms with van der Waals surface area (Å²) in [6, 6.07) is 0. The van der Waals surface area contributed by atoms with Crippen molar-refractivity contribution in [1.29, 1.82) is 0 Å². The van der Waals surface area contributed by atoms with E-state index in [0.29, 0.717) is 0 Å². The van der Waals surface area contributed by atoms with E-state index in [1.165, 1.54) is 19.6 Å². The molecule has 0 bridgehead atoms. The average Bonchev–Trinajstić information content (AvgIpc) is 1.90. The third-order valence-corrected chi connectivity index (χ3v) is 1.34. The van der Waals surface area contributed by atoms with Crippen molar-refractivity contribution in [3.8, 4) is 0 Å². The first kappa shape index (κ1) is 13.6. The summed E-state index contributed by atoms with van der Waals surface area (Å²) in [4.78, 5) is 2.38. The molecule has 0 rings (SSSR count). The zero-order chi connectivity index (χ0) is 9.28. The minimum absolute atomic E-state index is 0. The van der Waals surface area contributed by atoms with Gasteiger partial charge in [0, 0.05) is 0 Å². The summed E-state index contributed by atoms with van der Waals surface area (Å²) in [5, 5.41) is 0. The first-order valence-electron chi connectivity index (χ1n) is 3.59. The fraction of sp³-hybridized carbons (Fsp3) is 1.00. The molecule has 4 nitrogen and oxygen atoms in total. The van der Waals surface area contributed by atoms with Gasteiger partial charge in [-0.2, -0.15) is 0 Å². The molecule has 11 heavy (non-hydrogen) atoms. The van der Waals surface area contributed by atoms with E-state index >= 15 is 0 Å². The monoisotopic (exact) mass is 183 g/mol. The zero-order valence-corrected chi connectivity index (χ0v) is 8.06. The van der Waals surface area contributed by atoms with E-state index in [2.05, 4.69) is 25.7 Å². The van der Waals surface area contributed by atoms with Crippen molar-refractivity contribution >= 4 is 11.4 Å². The Kier molecular flexibility index (Phi) is 12.4. The number of nitrogens with zero attached hydrogens (tertiary/aromatic N) is 1. The van der Waals surface area contributed by atoms with Gasteiger partial charge in [0.1, 0.15) is 0 Å². The van der Waals surface area contributed by atoms with E-state index in [1.807, 2.05) is 0 Å². The van der Waals surface area contributed by atoms with E-state index in [0.717, 1.165) is 0 Å². The lowest BCUT2D eigenvalue weighted by molar-refractivity contribution is 0.321. The van der Waals surface area contributed by atoms with Crippen molar-refractivity contribution in [3.05, 3.63) is 0 Å². The van der Waals surface area contributed by atoms with Crippen LogP contribution in [0, 0.1) is 0 Å². The summed E-state index contributed by atoms with van der Waals surface area (Å²) in [5.74, 6) is 0. The Hall–Kier alpha value is 0.0300. The van der Waals surface area contributed by atoms with Gasteiger partial charge in [0.25, 0.3) is 0 Å². The number of hydrogen-bond donors (Lipinski definition) is 1. The van der Waals surface area contributed by atoms with Gasteiger partial charge >= 0.3 is 1.43 Å². The molecule has 1 unspecified atom stereocenters. The predicted molar refractivity (Wildman–Crippen MR) is 46.1 cm³/mol. The van der Waals surface area contributed by atoms with Crippen molar-refractivity contribution in [2.45, 2.75) is 20.8 Å². The lowest BCUT2D eigenvalue weighted by Gasteiger charge is -2.13. The van der Waals surface area contributed by atoms with Crippen molar-refractivity contribution in [2.75, 3.05) is 19.6 Å². The van der Waals surface area contributed by atoms with Crippen molar-refractivity contribution in [2.24, 2.45) is 0 Å². The van der Waals surface area contributed by atoms with Gasteiger partial charge in [-0.05, 0) is 19.6 Å².